The molecule has 1 N–H and O–H groups in total. The molecule has 1 aromatic carbocycles. The Morgan fingerprint density at radius 1 is 0.960 bits per heavy atom. The normalized spacial score (nSPS) is 10.9. The number of ketones is 1. The summed E-state index contributed by atoms with van der Waals surface area (Å²) in [5.74, 6) is -0.201. The van der Waals surface area contributed by atoms with Crippen LogP contribution in [0.25, 0.3) is 5.69 Å². The minimum absolute atomic E-state index is 0.0253. The molecule has 1 heterocycles. The summed E-state index contributed by atoms with van der Waals surface area (Å²) < 4.78 is 1.55. The number of carbonyl (C=O) groups excluding carboxylic acids is 1. The topological polar surface area (TPSA) is 55.1 Å². The van der Waals surface area contributed by atoms with E-state index in [1.54, 1.807) is 10.9 Å². The molecule has 1 aromatic heterocycles. The SMILES string of the molecule is CCCCCCCCCCCC(=O)c1cn(-c2ccccc2)nc1O. The molecule has 0 fully saturated rings. The average molecular weight is 342 g/mol. The van der Waals surface area contributed by atoms with Crippen molar-refractivity contribution in [1.29, 1.82) is 0 Å². The van der Waals surface area contributed by atoms with Gasteiger partial charge in [0.05, 0.1) is 11.3 Å². The second kappa shape index (κ2) is 10.7. The van der Waals surface area contributed by atoms with Crippen molar-refractivity contribution >= 4 is 5.78 Å². The van der Waals surface area contributed by atoms with Crippen molar-refractivity contribution in [2.24, 2.45) is 0 Å². The van der Waals surface area contributed by atoms with Gasteiger partial charge in [0.1, 0.15) is 0 Å². The van der Waals surface area contributed by atoms with Gasteiger partial charge in [-0.15, -0.1) is 5.10 Å². The summed E-state index contributed by atoms with van der Waals surface area (Å²) in [7, 11) is 0. The Bertz CT molecular complexity index is 635. The lowest BCUT2D eigenvalue weighted by Crippen LogP contribution is -1.98. The fraction of sp³-hybridized carbons (Fsp3) is 0.524. The second-order valence-corrected chi connectivity index (χ2v) is 6.65. The van der Waals surface area contributed by atoms with E-state index in [4.69, 9.17) is 0 Å². The quantitative estimate of drug-likeness (QED) is 0.399. The van der Waals surface area contributed by atoms with Gasteiger partial charge in [-0.1, -0.05) is 76.5 Å². The van der Waals surface area contributed by atoms with E-state index in [0.717, 1.165) is 18.5 Å². The summed E-state index contributed by atoms with van der Waals surface area (Å²) >= 11 is 0. The van der Waals surface area contributed by atoms with Crippen LogP contribution in [-0.2, 0) is 0 Å². The molecule has 0 aliphatic heterocycles. The van der Waals surface area contributed by atoms with Gasteiger partial charge in [0.2, 0.25) is 5.88 Å². The maximum atomic E-state index is 12.3. The summed E-state index contributed by atoms with van der Waals surface area (Å²) in [6.45, 7) is 2.23. The highest BCUT2D eigenvalue weighted by Gasteiger charge is 2.16. The fourth-order valence-electron chi connectivity index (χ4n) is 3.01. The summed E-state index contributed by atoms with van der Waals surface area (Å²) in [5.41, 5.74) is 1.16. The van der Waals surface area contributed by atoms with Crippen molar-refractivity contribution in [3.63, 3.8) is 0 Å². The second-order valence-electron chi connectivity index (χ2n) is 6.65. The zero-order valence-corrected chi connectivity index (χ0v) is 15.3. The predicted molar refractivity (Wildman–Crippen MR) is 101 cm³/mol. The summed E-state index contributed by atoms with van der Waals surface area (Å²) in [4.78, 5) is 12.3. The Kier molecular flexibility index (Phi) is 8.23. The highest BCUT2D eigenvalue weighted by Crippen LogP contribution is 2.20. The van der Waals surface area contributed by atoms with Gasteiger partial charge in [-0.25, -0.2) is 4.68 Å². The smallest absolute Gasteiger partial charge is 0.241 e. The zero-order valence-electron chi connectivity index (χ0n) is 15.3. The van der Waals surface area contributed by atoms with Crippen LogP contribution in [0.1, 0.15) is 81.5 Å². The van der Waals surface area contributed by atoms with Gasteiger partial charge in [0.25, 0.3) is 0 Å². The van der Waals surface area contributed by atoms with Crippen LogP contribution in [0.15, 0.2) is 36.5 Å². The molecular weight excluding hydrogens is 312 g/mol. The first kappa shape index (κ1) is 19.2. The van der Waals surface area contributed by atoms with Crippen LogP contribution in [0.4, 0.5) is 0 Å². The molecule has 0 unspecified atom stereocenters. The van der Waals surface area contributed by atoms with Crippen LogP contribution >= 0.6 is 0 Å². The highest BCUT2D eigenvalue weighted by atomic mass is 16.3. The lowest BCUT2D eigenvalue weighted by Gasteiger charge is -2.02. The maximum absolute atomic E-state index is 12.3. The van der Waals surface area contributed by atoms with Gasteiger partial charge >= 0.3 is 0 Å². The van der Waals surface area contributed by atoms with Crippen molar-refractivity contribution in [3.05, 3.63) is 42.1 Å². The lowest BCUT2D eigenvalue weighted by molar-refractivity contribution is 0.0976. The number of nitrogens with zero attached hydrogens (tertiary/aromatic N) is 2. The lowest BCUT2D eigenvalue weighted by atomic mass is 10.0. The third-order valence-electron chi connectivity index (χ3n) is 4.52. The molecular formula is C21H30N2O2. The fourth-order valence-corrected chi connectivity index (χ4v) is 3.01. The van der Waals surface area contributed by atoms with Crippen molar-refractivity contribution in [1.82, 2.24) is 9.78 Å². The largest absolute Gasteiger partial charge is 0.492 e. The van der Waals surface area contributed by atoms with E-state index in [1.807, 2.05) is 30.3 Å². The Morgan fingerprint density at radius 3 is 2.20 bits per heavy atom. The van der Waals surface area contributed by atoms with E-state index < -0.39 is 0 Å². The molecule has 0 atom stereocenters. The Hall–Kier alpha value is -2.10. The molecule has 0 aliphatic rings. The summed E-state index contributed by atoms with van der Waals surface area (Å²) in [6.07, 6.45) is 13.1. The molecule has 0 bridgehead atoms. The van der Waals surface area contributed by atoms with Gasteiger partial charge in [-0.2, -0.15) is 0 Å². The standard InChI is InChI=1S/C21H30N2O2/c1-2-3-4-5-6-7-8-9-13-16-20(24)19-17-23(22-21(19)25)18-14-11-10-12-15-18/h10-12,14-15,17H,2-9,13,16H2,1H3,(H,22,25). The molecule has 0 amide bonds. The average Bonchev–Trinajstić information content (AvgIpc) is 3.03. The summed E-state index contributed by atoms with van der Waals surface area (Å²) in [5, 5.41) is 14.0. The Morgan fingerprint density at radius 2 is 1.56 bits per heavy atom. The summed E-state index contributed by atoms with van der Waals surface area (Å²) in [6, 6.07) is 9.50. The molecule has 4 nitrogen and oxygen atoms in total. The van der Waals surface area contributed by atoms with E-state index >= 15 is 0 Å². The molecule has 4 heteroatoms. The van der Waals surface area contributed by atoms with Gasteiger partial charge < -0.3 is 5.11 Å². The number of benzene rings is 1. The van der Waals surface area contributed by atoms with Crippen LogP contribution in [0.5, 0.6) is 5.88 Å². The van der Waals surface area contributed by atoms with Gasteiger partial charge in [0, 0.05) is 12.6 Å². The van der Waals surface area contributed by atoms with Crippen LogP contribution in [0.3, 0.4) is 0 Å². The number of unbranched alkanes of at least 4 members (excludes halogenated alkanes) is 8. The predicted octanol–water partition coefficient (Wildman–Crippen LogP) is 5.68. The Labute approximate surface area is 150 Å². The molecule has 0 aliphatic carbocycles. The van der Waals surface area contributed by atoms with E-state index in [0.29, 0.717) is 12.0 Å². The van der Waals surface area contributed by atoms with Crippen LogP contribution in [0, 0.1) is 0 Å². The van der Waals surface area contributed by atoms with Crippen molar-refractivity contribution in [2.75, 3.05) is 0 Å². The van der Waals surface area contributed by atoms with Gasteiger partial charge in [-0.3, -0.25) is 4.79 Å². The molecule has 0 saturated heterocycles. The molecule has 0 spiro atoms. The van der Waals surface area contributed by atoms with E-state index in [9.17, 15) is 9.90 Å². The number of para-hydroxylation sites is 1. The van der Waals surface area contributed by atoms with Crippen molar-refractivity contribution < 1.29 is 9.90 Å². The monoisotopic (exact) mass is 342 g/mol. The number of aromatic nitrogens is 2. The number of hydrogen-bond donors (Lipinski definition) is 1. The number of hydrogen-bond acceptors (Lipinski definition) is 3. The van der Waals surface area contributed by atoms with Gasteiger partial charge in [0.15, 0.2) is 5.78 Å². The van der Waals surface area contributed by atoms with Crippen LogP contribution in [-0.4, -0.2) is 20.7 Å². The minimum atomic E-state index is -0.176. The maximum Gasteiger partial charge on any atom is 0.241 e. The third-order valence-corrected chi connectivity index (χ3v) is 4.52. The first-order valence-corrected chi connectivity index (χ1v) is 9.59. The van der Waals surface area contributed by atoms with E-state index in [-0.39, 0.29) is 11.7 Å². The molecule has 0 radical (unpaired) electrons. The number of Topliss-reactive ketones (excluding diaryl/α,β-unsaturated/α-hetero) is 1. The highest BCUT2D eigenvalue weighted by molar-refractivity contribution is 5.97. The molecule has 0 saturated carbocycles. The molecule has 2 rings (SSSR count). The van der Waals surface area contributed by atoms with Crippen molar-refractivity contribution in [2.45, 2.75) is 71.1 Å². The van der Waals surface area contributed by atoms with Crippen molar-refractivity contribution in [3.8, 4) is 11.6 Å². The zero-order chi connectivity index (χ0) is 17.9. The first-order chi connectivity index (χ1) is 12.2. The number of rotatable bonds is 12. The molecule has 25 heavy (non-hydrogen) atoms. The molecule has 136 valence electrons. The third kappa shape index (κ3) is 6.37. The number of carbonyl (C=O) groups is 1. The first-order valence-electron chi connectivity index (χ1n) is 9.59. The van der Waals surface area contributed by atoms with E-state index in [2.05, 4.69) is 12.0 Å². The number of aromatic hydroxyl groups is 1. The minimum Gasteiger partial charge on any atom is -0.492 e. The Balaban J connectivity index is 1.70. The van der Waals surface area contributed by atoms with E-state index in [1.165, 1.54) is 44.9 Å². The van der Waals surface area contributed by atoms with Crippen LogP contribution < -0.4 is 0 Å². The molecule has 2 aromatic rings. The van der Waals surface area contributed by atoms with Gasteiger partial charge in [-0.05, 0) is 18.6 Å². The van der Waals surface area contributed by atoms with Crippen LogP contribution in [0.2, 0.25) is 0 Å².